The molecule has 0 saturated carbocycles. The van der Waals surface area contributed by atoms with Gasteiger partial charge in [-0.25, -0.2) is 4.79 Å². The zero-order chi connectivity index (χ0) is 18.6. The number of benzene rings is 1. The van der Waals surface area contributed by atoms with Gasteiger partial charge in [0.25, 0.3) is 0 Å². The molecule has 4 heterocycles. The Kier molecular flexibility index (Phi) is 5.64. The van der Waals surface area contributed by atoms with E-state index in [1.165, 1.54) is 5.56 Å². The lowest BCUT2D eigenvalue weighted by molar-refractivity contribution is -0.0741. The van der Waals surface area contributed by atoms with Crippen molar-refractivity contribution in [3.05, 3.63) is 54.4 Å². The van der Waals surface area contributed by atoms with Gasteiger partial charge in [-0.1, -0.05) is 18.2 Å². The molecule has 5 rings (SSSR count). The summed E-state index contributed by atoms with van der Waals surface area (Å²) in [5, 5.41) is 2.94. The first-order chi connectivity index (χ1) is 13.2. The average Bonchev–Trinajstić information content (AvgIpc) is 2.71. The summed E-state index contributed by atoms with van der Waals surface area (Å²) in [6, 6.07) is 12.1. The number of nitrogens with zero attached hydrogens (tertiary/aromatic N) is 2. The maximum Gasteiger partial charge on any atom is 0.411 e. The monoisotopic (exact) mass is 383 g/mol. The summed E-state index contributed by atoms with van der Waals surface area (Å²) in [7, 11) is 0. The van der Waals surface area contributed by atoms with E-state index in [9.17, 15) is 4.79 Å². The highest BCUT2D eigenvalue weighted by atomic mass is 32.2. The Morgan fingerprint density at radius 3 is 2.81 bits per heavy atom. The third-order valence-corrected chi connectivity index (χ3v) is 6.44. The van der Waals surface area contributed by atoms with Crippen LogP contribution in [0.4, 0.5) is 10.5 Å². The fourth-order valence-corrected chi connectivity index (χ4v) is 4.85. The first-order valence-corrected chi connectivity index (χ1v) is 10.7. The molecule has 2 unspecified atom stereocenters. The number of carbonyl (C=O) groups excluding carboxylic acids is 1. The van der Waals surface area contributed by atoms with Gasteiger partial charge in [0, 0.05) is 23.2 Å². The van der Waals surface area contributed by atoms with Crippen LogP contribution in [0.1, 0.15) is 18.4 Å². The Morgan fingerprint density at radius 1 is 1.26 bits per heavy atom. The number of piperidine rings is 3. The number of ether oxygens (including phenoxy) is 1. The Bertz CT molecular complexity index is 778. The highest BCUT2D eigenvalue weighted by Crippen LogP contribution is 2.36. The van der Waals surface area contributed by atoms with Gasteiger partial charge < -0.3 is 4.74 Å². The van der Waals surface area contributed by atoms with E-state index in [4.69, 9.17) is 4.74 Å². The largest absolute Gasteiger partial charge is 0.444 e. The number of nitrogens with one attached hydrogen (secondary N) is 1. The number of fused-ring (bicyclic) bond motifs is 3. The van der Waals surface area contributed by atoms with Crippen LogP contribution in [0, 0.1) is 5.92 Å². The van der Waals surface area contributed by atoms with Crippen LogP contribution in [0.25, 0.3) is 0 Å². The van der Waals surface area contributed by atoms with E-state index in [0.29, 0.717) is 5.92 Å². The summed E-state index contributed by atoms with van der Waals surface area (Å²) < 4.78 is 5.99. The minimum atomic E-state index is -0.355. The summed E-state index contributed by atoms with van der Waals surface area (Å²) in [6.45, 7) is 2.18. The molecule has 0 radical (unpaired) electrons. The van der Waals surface area contributed by atoms with Gasteiger partial charge >= 0.3 is 6.09 Å². The van der Waals surface area contributed by atoms with Crippen molar-refractivity contribution in [1.82, 2.24) is 9.88 Å². The van der Waals surface area contributed by atoms with Crippen LogP contribution in [-0.2, 0) is 11.2 Å². The van der Waals surface area contributed by atoms with E-state index in [0.717, 1.165) is 42.9 Å². The Hall–Kier alpha value is -2.05. The molecule has 3 fully saturated rings. The highest BCUT2D eigenvalue weighted by molar-refractivity contribution is 7.98. The van der Waals surface area contributed by atoms with Crippen LogP contribution in [0.15, 0.2) is 53.7 Å². The molecule has 1 amide bonds. The zero-order valence-corrected chi connectivity index (χ0v) is 16.3. The fourth-order valence-electron chi connectivity index (χ4n) is 4.29. The smallest absolute Gasteiger partial charge is 0.411 e. The molecule has 1 aromatic heterocycles. The normalized spacial score (nSPS) is 26.6. The Labute approximate surface area is 164 Å². The zero-order valence-electron chi connectivity index (χ0n) is 15.5. The number of rotatable bonds is 5. The number of hydrogen-bond donors (Lipinski definition) is 1. The lowest BCUT2D eigenvalue weighted by Crippen LogP contribution is -2.60. The average molecular weight is 384 g/mol. The third kappa shape index (κ3) is 4.12. The summed E-state index contributed by atoms with van der Waals surface area (Å²) >= 11 is 1.61. The lowest BCUT2D eigenvalue weighted by Gasteiger charge is -2.50. The number of amides is 1. The molecule has 6 heteroatoms. The van der Waals surface area contributed by atoms with E-state index in [1.54, 1.807) is 18.0 Å². The van der Waals surface area contributed by atoms with Gasteiger partial charge in [0.1, 0.15) is 6.10 Å². The molecule has 0 aliphatic carbocycles. The number of thioether (sulfide) groups is 1. The molecular weight excluding hydrogens is 358 g/mol. The Morgan fingerprint density at radius 2 is 2.07 bits per heavy atom. The summed E-state index contributed by atoms with van der Waals surface area (Å²) in [4.78, 5) is 20.4. The van der Waals surface area contributed by atoms with E-state index < -0.39 is 0 Å². The highest BCUT2D eigenvalue weighted by Gasteiger charge is 2.44. The summed E-state index contributed by atoms with van der Waals surface area (Å²) in [6.07, 6.45) is 8.34. The standard InChI is InChI=1S/C21H25N3O2S/c1-27-19-7-3-2-6-17(19)23-21(25)26-20-16-8-11-24(12-9-16)18(20)13-15-5-4-10-22-14-15/h2-7,10,14,16,18,20H,8-9,11-13H2,1H3,(H,23,25). The molecule has 3 saturated heterocycles. The van der Waals surface area contributed by atoms with Crippen molar-refractivity contribution < 1.29 is 9.53 Å². The van der Waals surface area contributed by atoms with Gasteiger partial charge in [0.15, 0.2) is 0 Å². The minimum absolute atomic E-state index is 0.0749. The predicted molar refractivity (Wildman–Crippen MR) is 108 cm³/mol. The molecule has 0 spiro atoms. The third-order valence-electron chi connectivity index (χ3n) is 5.64. The fraction of sp³-hybridized carbons (Fsp3) is 0.429. The maximum absolute atomic E-state index is 12.6. The van der Waals surface area contributed by atoms with Gasteiger partial charge in [-0.2, -0.15) is 0 Å². The first-order valence-electron chi connectivity index (χ1n) is 9.48. The van der Waals surface area contributed by atoms with Crippen molar-refractivity contribution in [2.75, 3.05) is 24.7 Å². The molecular formula is C21H25N3O2S. The number of para-hydroxylation sites is 1. The van der Waals surface area contributed by atoms with Crippen molar-refractivity contribution in [2.24, 2.45) is 5.92 Å². The molecule has 142 valence electrons. The van der Waals surface area contributed by atoms with Gasteiger partial charge in [-0.05, 0) is 62.4 Å². The van der Waals surface area contributed by atoms with Crippen LogP contribution < -0.4 is 5.32 Å². The van der Waals surface area contributed by atoms with Crippen molar-refractivity contribution in [2.45, 2.75) is 36.3 Å². The van der Waals surface area contributed by atoms with Crippen LogP contribution >= 0.6 is 11.8 Å². The topological polar surface area (TPSA) is 54.5 Å². The molecule has 2 aromatic rings. The van der Waals surface area contributed by atoms with Gasteiger partial charge in [0.2, 0.25) is 0 Å². The molecule has 27 heavy (non-hydrogen) atoms. The second-order valence-electron chi connectivity index (χ2n) is 7.20. The molecule has 2 bridgehead atoms. The summed E-state index contributed by atoms with van der Waals surface area (Å²) in [5.41, 5.74) is 2.00. The molecule has 2 atom stereocenters. The molecule has 3 aliphatic rings. The second-order valence-corrected chi connectivity index (χ2v) is 8.05. The second kappa shape index (κ2) is 8.31. The van der Waals surface area contributed by atoms with E-state index in [1.807, 2.05) is 42.8 Å². The number of pyridine rings is 1. The van der Waals surface area contributed by atoms with Crippen LogP contribution in [0.3, 0.4) is 0 Å². The van der Waals surface area contributed by atoms with Crippen LogP contribution in [0.5, 0.6) is 0 Å². The summed E-state index contributed by atoms with van der Waals surface area (Å²) in [5.74, 6) is 0.443. The van der Waals surface area contributed by atoms with Crippen molar-refractivity contribution in [3.8, 4) is 0 Å². The SMILES string of the molecule is CSc1ccccc1NC(=O)OC1C2CCN(CC2)C1Cc1cccnc1. The number of carbonyl (C=O) groups is 1. The molecule has 3 aliphatic heterocycles. The quantitative estimate of drug-likeness (QED) is 0.789. The number of anilines is 1. The predicted octanol–water partition coefficient (Wildman–Crippen LogP) is 4.06. The molecule has 1 N–H and O–H groups in total. The minimum Gasteiger partial charge on any atom is -0.444 e. The van der Waals surface area contributed by atoms with E-state index >= 15 is 0 Å². The van der Waals surface area contributed by atoms with E-state index in [-0.39, 0.29) is 18.2 Å². The molecule has 5 nitrogen and oxygen atoms in total. The first kappa shape index (κ1) is 18.3. The van der Waals surface area contributed by atoms with Crippen LogP contribution in [-0.4, -0.2) is 47.5 Å². The maximum atomic E-state index is 12.6. The van der Waals surface area contributed by atoms with Crippen LogP contribution in [0.2, 0.25) is 0 Å². The van der Waals surface area contributed by atoms with Crippen molar-refractivity contribution in [3.63, 3.8) is 0 Å². The van der Waals surface area contributed by atoms with E-state index in [2.05, 4.69) is 21.3 Å². The Balaban J connectivity index is 1.47. The van der Waals surface area contributed by atoms with Gasteiger partial charge in [0.05, 0.1) is 11.7 Å². The number of hydrogen-bond acceptors (Lipinski definition) is 5. The molecule has 1 aromatic carbocycles. The van der Waals surface area contributed by atoms with Crippen molar-refractivity contribution >= 4 is 23.5 Å². The lowest BCUT2D eigenvalue weighted by atomic mass is 9.78. The number of aromatic nitrogens is 1. The van der Waals surface area contributed by atoms with Gasteiger partial charge in [-0.15, -0.1) is 11.8 Å². The van der Waals surface area contributed by atoms with Gasteiger partial charge in [-0.3, -0.25) is 15.2 Å². The van der Waals surface area contributed by atoms with Crippen molar-refractivity contribution in [1.29, 1.82) is 0 Å².